The minimum atomic E-state index is -0.690. The Morgan fingerprint density at radius 1 is 1.27 bits per heavy atom. The molecule has 1 saturated heterocycles. The Balaban J connectivity index is 2.41. The number of carbonyl (C=O) groups excluding carboxylic acids is 1. The van der Waals surface area contributed by atoms with Crippen molar-refractivity contribution >= 4 is 27.5 Å². The lowest BCUT2D eigenvalue weighted by Crippen LogP contribution is -2.23. The molecule has 1 fully saturated rings. The molecule has 0 N–H and O–H groups in total. The summed E-state index contributed by atoms with van der Waals surface area (Å²) in [5, 5.41) is 0. The van der Waals surface area contributed by atoms with E-state index in [1.807, 2.05) is 0 Å². The summed E-state index contributed by atoms with van der Waals surface area (Å²) >= 11 is 2.78. The van der Waals surface area contributed by atoms with E-state index in [0.29, 0.717) is 13.0 Å². The fourth-order valence-corrected chi connectivity index (χ4v) is 1.85. The summed E-state index contributed by atoms with van der Waals surface area (Å²) in [6.45, 7) is 0.527. The first kappa shape index (κ1) is 10.5. The van der Waals surface area contributed by atoms with Gasteiger partial charge in [0, 0.05) is 18.7 Å². The minimum Gasteiger partial charge on any atom is -0.312 e. The number of anilines is 1. The van der Waals surface area contributed by atoms with Crippen LogP contribution in [0.3, 0.4) is 0 Å². The van der Waals surface area contributed by atoms with Crippen LogP contribution in [0.25, 0.3) is 0 Å². The third kappa shape index (κ3) is 1.88. The Kier molecular flexibility index (Phi) is 2.73. The molecule has 5 heteroatoms. The lowest BCUT2D eigenvalue weighted by molar-refractivity contribution is -0.117. The summed E-state index contributed by atoms with van der Waals surface area (Å²) in [6.07, 6.45) is 1.18. The molecule has 1 heterocycles. The molecule has 1 aromatic rings. The van der Waals surface area contributed by atoms with E-state index in [1.54, 1.807) is 0 Å². The average molecular weight is 276 g/mol. The van der Waals surface area contributed by atoms with Crippen LogP contribution in [0, 0.1) is 11.6 Å². The quantitative estimate of drug-likeness (QED) is 0.722. The molecule has 0 spiro atoms. The van der Waals surface area contributed by atoms with E-state index in [-0.39, 0.29) is 16.1 Å². The molecule has 0 bridgehead atoms. The molecule has 1 amide bonds. The third-order valence-electron chi connectivity index (χ3n) is 2.35. The van der Waals surface area contributed by atoms with Crippen LogP contribution in [0.15, 0.2) is 16.6 Å². The minimum absolute atomic E-state index is 0.0869. The van der Waals surface area contributed by atoms with Gasteiger partial charge < -0.3 is 4.90 Å². The van der Waals surface area contributed by atoms with Gasteiger partial charge in [-0.3, -0.25) is 4.79 Å². The maximum atomic E-state index is 13.2. The largest absolute Gasteiger partial charge is 0.312 e. The van der Waals surface area contributed by atoms with E-state index in [0.717, 1.165) is 18.6 Å². The van der Waals surface area contributed by atoms with Gasteiger partial charge in [-0.2, -0.15) is 0 Å². The van der Waals surface area contributed by atoms with Crippen LogP contribution in [0.1, 0.15) is 12.8 Å². The van der Waals surface area contributed by atoms with Crippen molar-refractivity contribution in [2.45, 2.75) is 12.8 Å². The van der Waals surface area contributed by atoms with E-state index in [1.165, 1.54) is 4.90 Å². The van der Waals surface area contributed by atoms with Crippen LogP contribution in [0.5, 0.6) is 0 Å². The van der Waals surface area contributed by atoms with Gasteiger partial charge in [0.05, 0.1) is 4.47 Å². The second-order valence-corrected chi connectivity index (χ2v) is 4.17. The summed E-state index contributed by atoms with van der Waals surface area (Å²) in [6, 6.07) is 2.33. The van der Waals surface area contributed by atoms with Crippen molar-refractivity contribution < 1.29 is 13.6 Å². The highest BCUT2D eigenvalue weighted by atomic mass is 79.9. The number of benzene rings is 1. The molecule has 1 aliphatic rings. The monoisotopic (exact) mass is 275 g/mol. The van der Waals surface area contributed by atoms with Crippen LogP contribution in [0.4, 0.5) is 14.5 Å². The Morgan fingerprint density at radius 2 is 1.87 bits per heavy atom. The molecule has 0 atom stereocenters. The van der Waals surface area contributed by atoms with Gasteiger partial charge in [0.1, 0.15) is 11.6 Å². The smallest absolute Gasteiger partial charge is 0.227 e. The first-order valence-electron chi connectivity index (χ1n) is 4.54. The van der Waals surface area contributed by atoms with E-state index in [9.17, 15) is 13.6 Å². The molecule has 0 unspecified atom stereocenters. The lowest BCUT2D eigenvalue weighted by Gasteiger charge is -2.16. The van der Waals surface area contributed by atoms with Crippen LogP contribution < -0.4 is 4.90 Å². The third-order valence-corrected chi connectivity index (χ3v) is 3.11. The van der Waals surface area contributed by atoms with Gasteiger partial charge in [0.2, 0.25) is 5.91 Å². The average Bonchev–Trinajstić information content (AvgIpc) is 2.60. The molecule has 2 nitrogen and oxygen atoms in total. The van der Waals surface area contributed by atoms with Crippen molar-refractivity contribution in [3.63, 3.8) is 0 Å². The second-order valence-electron chi connectivity index (χ2n) is 3.37. The van der Waals surface area contributed by atoms with Gasteiger partial charge in [-0.05, 0) is 34.5 Å². The van der Waals surface area contributed by atoms with Gasteiger partial charge in [-0.25, -0.2) is 8.78 Å². The fourth-order valence-electron chi connectivity index (χ4n) is 1.62. The molecular formula is C10H8BrF2NO. The summed E-state index contributed by atoms with van der Waals surface area (Å²) < 4.78 is 26.2. The van der Waals surface area contributed by atoms with Crippen LogP contribution in [-0.4, -0.2) is 12.5 Å². The summed E-state index contributed by atoms with van der Waals surface area (Å²) in [5.41, 5.74) is 0.288. The second kappa shape index (κ2) is 3.89. The number of halogens is 3. The van der Waals surface area contributed by atoms with E-state index < -0.39 is 11.6 Å². The van der Waals surface area contributed by atoms with E-state index in [2.05, 4.69) is 15.9 Å². The molecule has 2 rings (SSSR count). The molecule has 1 aromatic carbocycles. The number of nitrogens with zero attached hydrogens (tertiary/aromatic N) is 1. The summed E-state index contributed by atoms with van der Waals surface area (Å²) in [7, 11) is 0. The number of hydrogen-bond donors (Lipinski definition) is 0. The van der Waals surface area contributed by atoms with Gasteiger partial charge in [-0.15, -0.1) is 0 Å². The highest BCUT2D eigenvalue weighted by Gasteiger charge is 2.23. The number of carbonyl (C=O) groups is 1. The SMILES string of the molecule is O=C1CCCN1c1cc(F)c(Br)c(F)c1. The van der Waals surface area contributed by atoms with Crippen LogP contribution in [0.2, 0.25) is 0 Å². The highest BCUT2D eigenvalue weighted by molar-refractivity contribution is 9.10. The molecule has 0 radical (unpaired) electrons. The molecule has 0 aliphatic carbocycles. The fraction of sp³-hybridized carbons (Fsp3) is 0.300. The topological polar surface area (TPSA) is 20.3 Å². The Bertz CT molecular complexity index is 399. The zero-order valence-electron chi connectivity index (χ0n) is 7.77. The van der Waals surface area contributed by atoms with Crippen molar-refractivity contribution in [2.24, 2.45) is 0 Å². The Hall–Kier alpha value is -0.970. The van der Waals surface area contributed by atoms with Crippen molar-refractivity contribution in [1.29, 1.82) is 0 Å². The first-order chi connectivity index (χ1) is 7.09. The predicted molar refractivity (Wildman–Crippen MR) is 55.6 cm³/mol. The highest BCUT2D eigenvalue weighted by Crippen LogP contribution is 2.28. The maximum Gasteiger partial charge on any atom is 0.227 e. The van der Waals surface area contributed by atoms with Crippen LogP contribution in [-0.2, 0) is 4.79 Å². The van der Waals surface area contributed by atoms with Gasteiger partial charge >= 0.3 is 0 Å². The van der Waals surface area contributed by atoms with Crippen molar-refractivity contribution in [1.82, 2.24) is 0 Å². The van der Waals surface area contributed by atoms with E-state index in [4.69, 9.17) is 0 Å². The maximum absolute atomic E-state index is 13.2. The molecule has 1 aliphatic heterocycles. The zero-order valence-corrected chi connectivity index (χ0v) is 9.35. The lowest BCUT2D eigenvalue weighted by atomic mass is 10.3. The molecule has 15 heavy (non-hydrogen) atoms. The van der Waals surface area contributed by atoms with Crippen molar-refractivity contribution in [3.8, 4) is 0 Å². The van der Waals surface area contributed by atoms with Crippen molar-refractivity contribution in [2.75, 3.05) is 11.4 Å². The van der Waals surface area contributed by atoms with Gasteiger partial charge in [-0.1, -0.05) is 0 Å². The van der Waals surface area contributed by atoms with Gasteiger partial charge in [0.15, 0.2) is 0 Å². The number of amides is 1. The van der Waals surface area contributed by atoms with Crippen molar-refractivity contribution in [3.05, 3.63) is 28.2 Å². The van der Waals surface area contributed by atoms with Crippen LogP contribution >= 0.6 is 15.9 Å². The molecular weight excluding hydrogens is 268 g/mol. The standard InChI is InChI=1S/C10H8BrF2NO/c11-10-7(12)4-6(5-8(10)13)14-3-1-2-9(14)15/h4-5H,1-3H2. The first-order valence-corrected chi connectivity index (χ1v) is 5.34. The summed E-state index contributed by atoms with van der Waals surface area (Å²) in [5.74, 6) is -1.47. The summed E-state index contributed by atoms with van der Waals surface area (Å²) in [4.78, 5) is 12.8. The molecule has 80 valence electrons. The number of hydrogen-bond acceptors (Lipinski definition) is 1. The zero-order chi connectivity index (χ0) is 11.0. The molecule has 0 aromatic heterocycles. The Labute approximate surface area is 94.0 Å². The number of rotatable bonds is 1. The van der Waals surface area contributed by atoms with Gasteiger partial charge in [0.25, 0.3) is 0 Å². The van der Waals surface area contributed by atoms with E-state index >= 15 is 0 Å². The molecule has 0 saturated carbocycles. The Morgan fingerprint density at radius 3 is 2.33 bits per heavy atom. The predicted octanol–water partition coefficient (Wildman–Crippen LogP) is 2.85. The normalized spacial score (nSPS) is 16.2.